The lowest BCUT2D eigenvalue weighted by Crippen LogP contribution is -2.04. The van der Waals surface area contributed by atoms with Crippen molar-refractivity contribution in [3.05, 3.63) is 213 Å². The van der Waals surface area contributed by atoms with Crippen LogP contribution in [0.1, 0.15) is 0 Å². The Bertz CT molecular complexity index is 3700. The molecule has 0 radical (unpaired) electrons. The van der Waals surface area contributed by atoms with E-state index in [1.54, 1.807) is 0 Å². The van der Waals surface area contributed by atoms with Crippen molar-refractivity contribution >= 4 is 76.1 Å². The number of hydrogen-bond acceptors (Lipinski definition) is 3. The quantitative estimate of drug-likeness (QED) is 0.179. The summed E-state index contributed by atoms with van der Waals surface area (Å²) in [6.45, 7) is 0. The molecule has 0 N–H and O–H groups in total. The molecule has 12 rings (SSSR count). The summed E-state index contributed by atoms with van der Waals surface area (Å²) in [6.07, 6.45) is 4.11. The average Bonchev–Trinajstić information content (AvgIpc) is 3.69. The van der Waals surface area contributed by atoms with Gasteiger partial charge in [0.1, 0.15) is 11.2 Å². The summed E-state index contributed by atoms with van der Waals surface area (Å²) in [5.41, 5.74) is 9.94. The third-order valence-electron chi connectivity index (χ3n) is 11.8. The van der Waals surface area contributed by atoms with Crippen LogP contribution in [0.3, 0.4) is 0 Å². The fourth-order valence-corrected chi connectivity index (χ4v) is 9.13. The highest BCUT2D eigenvalue weighted by Gasteiger charge is 2.22. The Morgan fingerprint density at radius 1 is 0.400 bits per heavy atom. The Hall–Kier alpha value is -8.15. The monoisotopic (exact) mass is 765 g/mol. The van der Waals surface area contributed by atoms with Crippen LogP contribution in [0.5, 0.6) is 0 Å². The Morgan fingerprint density at radius 2 is 1.02 bits per heavy atom. The topological polar surface area (TPSA) is 48.5 Å². The van der Waals surface area contributed by atoms with Crippen LogP contribution in [0.2, 0.25) is 0 Å². The van der Waals surface area contributed by atoms with E-state index in [9.17, 15) is 0 Å². The van der Waals surface area contributed by atoms with Crippen molar-refractivity contribution in [2.75, 3.05) is 0 Å². The summed E-state index contributed by atoms with van der Waals surface area (Å²) >= 11 is 0. The van der Waals surface area contributed by atoms with Gasteiger partial charge in [-0.25, -0.2) is 9.97 Å². The van der Waals surface area contributed by atoms with Crippen molar-refractivity contribution < 1.29 is 0 Å². The van der Waals surface area contributed by atoms with Crippen LogP contribution in [0.15, 0.2) is 213 Å². The summed E-state index contributed by atoms with van der Waals surface area (Å²) in [5.74, 6) is 0.599. The van der Waals surface area contributed by atoms with E-state index >= 15 is 0 Å². The lowest BCUT2D eigenvalue weighted by Gasteiger charge is -2.13. The molecule has 60 heavy (non-hydrogen) atoms. The second kappa shape index (κ2) is 13.8. The largest absolute Gasteiger partial charge is 0.316 e. The SMILES string of the molecule is c1ccc(-c2ccc(-c3nc(-n4c5ccccc5c5c6cc7ccccc7n(-c7ccccc7)cc7ccccc7c6c6ccccc6c54)nc4cccnc34)cc2)cc1. The molecule has 0 saturated carbocycles. The summed E-state index contributed by atoms with van der Waals surface area (Å²) < 4.78 is 4.60. The molecular weight excluding hydrogens is 731 g/mol. The molecule has 12 aromatic rings. The fraction of sp³-hybridized carbons (Fsp3) is 0. The summed E-state index contributed by atoms with van der Waals surface area (Å²) in [4.78, 5) is 15.6. The first-order chi connectivity index (χ1) is 29.8. The minimum atomic E-state index is 0.599. The highest BCUT2D eigenvalue weighted by Crippen LogP contribution is 2.44. The van der Waals surface area contributed by atoms with E-state index in [4.69, 9.17) is 15.0 Å². The number of para-hydroxylation sites is 3. The van der Waals surface area contributed by atoms with Gasteiger partial charge in [0, 0.05) is 39.8 Å². The van der Waals surface area contributed by atoms with Crippen molar-refractivity contribution in [2.45, 2.75) is 0 Å². The van der Waals surface area contributed by atoms with Crippen LogP contribution in [-0.2, 0) is 0 Å². The van der Waals surface area contributed by atoms with E-state index in [0.29, 0.717) is 5.95 Å². The zero-order chi connectivity index (χ0) is 39.6. The van der Waals surface area contributed by atoms with Crippen LogP contribution < -0.4 is 0 Å². The van der Waals surface area contributed by atoms with Crippen molar-refractivity contribution in [1.29, 1.82) is 0 Å². The van der Waals surface area contributed by atoms with Gasteiger partial charge in [0.15, 0.2) is 0 Å². The number of nitrogens with zero attached hydrogens (tertiary/aromatic N) is 5. The minimum Gasteiger partial charge on any atom is -0.316 e. The number of rotatable bonds is 4. The molecule has 0 amide bonds. The van der Waals surface area contributed by atoms with Gasteiger partial charge in [-0.2, -0.15) is 0 Å². The number of fused-ring (bicyclic) bond motifs is 12. The molecule has 5 heteroatoms. The van der Waals surface area contributed by atoms with Crippen LogP contribution in [-0.4, -0.2) is 24.1 Å². The zero-order valence-corrected chi connectivity index (χ0v) is 32.4. The van der Waals surface area contributed by atoms with Gasteiger partial charge in [-0.15, -0.1) is 0 Å². The summed E-state index contributed by atoms with van der Waals surface area (Å²) in [5, 5.41) is 10.3. The molecule has 0 spiro atoms. The molecule has 0 aliphatic rings. The lowest BCUT2D eigenvalue weighted by atomic mass is 9.94. The summed E-state index contributed by atoms with van der Waals surface area (Å²) in [6, 6.07) is 71.1. The van der Waals surface area contributed by atoms with Gasteiger partial charge < -0.3 is 4.57 Å². The van der Waals surface area contributed by atoms with Gasteiger partial charge in [-0.1, -0.05) is 158 Å². The standard InChI is InChI=1S/C55H35N5/c1-3-16-36(17-4-1)37-29-31-38(32-30-37)52-53-47(26-15-33-56-53)57-55(58-52)60-49-28-14-12-25-45(49)51-46-34-39-18-8-13-27-48(39)59(41-20-5-2-6-21-41)35-40-19-7-9-22-42(40)50(46)43-23-10-11-24-44(43)54(51)60/h1-35H. The number of aromatic nitrogens is 5. The number of benzene rings is 8. The first-order valence-corrected chi connectivity index (χ1v) is 20.3. The molecule has 4 aromatic heterocycles. The number of hydrogen-bond donors (Lipinski definition) is 0. The van der Waals surface area contributed by atoms with Crippen molar-refractivity contribution in [3.8, 4) is 34.0 Å². The molecule has 0 saturated heterocycles. The maximum Gasteiger partial charge on any atom is 0.235 e. The molecule has 0 aliphatic carbocycles. The molecule has 0 aliphatic heterocycles. The fourth-order valence-electron chi connectivity index (χ4n) is 9.13. The van der Waals surface area contributed by atoms with Crippen LogP contribution >= 0.6 is 0 Å². The maximum atomic E-state index is 5.47. The molecular formula is C55H35N5. The molecule has 0 unspecified atom stereocenters. The van der Waals surface area contributed by atoms with E-state index in [0.717, 1.165) is 87.8 Å². The maximum absolute atomic E-state index is 5.47. The van der Waals surface area contributed by atoms with Crippen molar-refractivity contribution in [3.63, 3.8) is 0 Å². The first kappa shape index (κ1) is 33.9. The number of pyridine rings is 1. The molecule has 0 fully saturated rings. The van der Waals surface area contributed by atoms with E-state index in [-0.39, 0.29) is 0 Å². The third kappa shape index (κ3) is 5.37. The van der Waals surface area contributed by atoms with Gasteiger partial charge in [-0.3, -0.25) is 9.55 Å². The van der Waals surface area contributed by atoms with Gasteiger partial charge in [-0.05, 0) is 85.9 Å². The predicted molar refractivity (Wildman–Crippen MR) is 250 cm³/mol. The van der Waals surface area contributed by atoms with E-state index in [2.05, 4.69) is 197 Å². The van der Waals surface area contributed by atoms with Crippen LogP contribution in [0.25, 0.3) is 110 Å². The average molecular weight is 766 g/mol. The highest BCUT2D eigenvalue weighted by molar-refractivity contribution is 6.36. The van der Waals surface area contributed by atoms with E-state index < -0.39 is 0 Å². The lowest BCUT2D eigenvalue weighted by molar-refractivity contribution is 1.01. The Labute approximate surface area is 345 Å². The Morgan fingerprint density at radius 3 is 1.82 bits per heavy atom. The Balaban J connectivity index is 1.25. The molecule has 8 aromatic carbocycles. The molecule has 5 nitrogen and oxygen atoms in total. The Kier molecular flexibility index (Phi) is 7.78. The van der Waals surface area contributed by atoms with Crippen molar-refractivity contribution in [1.82, 2.24) is 24.1 Å². The molecule has 0 bridgehead atoms. The van der Waals surface area contributed by atoms with Gasteiger partial charge in [0.2, 0.25) is 5.95 Å². The zero-order valence-electron chi connectivity index (χ0n) is 32.4. The van der Waals surface area contributed by atoms with Gasteiger partial charge >= 0.3 is 0 Å². The van der Waals surface area contributed by atoms with E-state index in [1.807, 2.05) is 24.4 Å². The van der Waals surface area contributed by atoms with Gasteiger partial charge in [0.05, 0.1) is 22.1 Å². The van der Waals surface area contributed by atoms with Gasteiger partial charge in [0.25, 0.3) is 0 Å². The van der Waals surface area contributed by atoms with Crippen molar-refractivity contribution in [2.24, 2.45) is 0 Å². The minimum absolute atomic E-state index is 0.599. The third-order valence-corrected chi connectivity index (χ3v) is 11.8. The molecule has 280 valence electrons. The smallest absolute Gasteiger partial charge is 0.235 e. The summed E-state index contributed by atoms with van der Waals surface area (Å²) in [7, 11) is 0. The molecule has 0 atom stereocenters. The van der Waals surface area contributed by atoms with E-state index in [1.165, 1.54) is 16.3 Å². The predicted octanol–water partition coefficient (Wildman–Crippen LogP) is 14.0. The van der Waals surface area contributed by atoms with Crippen LogP contribution in [0, 0.1) is 0 Å². The first-order valence-electron chi connectivity index (χ1n) is 20.3. The highest BCUT2D eigenvalue weighted by atomic mass is 15.2. The second-order valence-corrected chi connectivity index (χ2v) is 15.2. The molecule has 4 heterocycles. The second-order valence-electron chi connectivity index (χ2n) is 15.2. The van der Waals surface area contributed by atoms with Crippen LogP contribution in [0.4, 0.5) is 0 Å². The normalized spacial score (nSPS) is 11.7.